The van der Waals surface area contributed by atoms with E-state index in [-0.39, 0.29) is 0 Å². The van der Waals surface area contributed by atoms with Crippen molar-refractivity contribution in [3.05, 3.63) is 70.9 Å². The Morgan fingerprint density at radius 3 is 2.30 bits per heavy atom. The Balaban J connectivity index is 1.90. The van der Waals surface area contributed by atoms with Crippen molar-refractivity contribution in [3.63, 3.8) is 0 Å². The maximum absolute atomic E-state index is 4.74. The molecule has 1 heterocycles. The number of hydrogen-bond acceptors (Lipinski definition) is 2. The molecule has 0 unspecified atom stereocenters. The summed E-state index contributed by atoms with van der Waals surface area (Å²) in [7, 11) is 4.10. The minimum Gasteiger partial charge on any atom is -0.378 e. The van der Waals surface area contributed by atoms with Crippen LogP contribution in [0.1, 0.15) is 22.4 Å². The standard InChI is InChI=1S/C21H22N2/c1-15-5-12-21-20(13-15)16(2)14-18(22-21)9-6-17-7-10-19(11-8-17)23(3)4/h5-14H,1-4H3/b9-6+. The van der Waals surface area contributed by atoms with E-state index in [1.807, 2.05) is 14.1 Å². The third kappa shape index (κ3) is 3.42. The lowest BCUT2D eigenvalue weighted by Crippen LogP contribution is -2.07. The van der Waals surface area contributed by atoms with Gasteiger partial charge in [0.05, 0.1) is 11.2 Å². The van der Waals surface area contributed by atoms with E-state index in [1.54, 1.807) is 0 Å². The van der Waals surface area contributed by atoms with Gasteiger partial charge in [-0.1, -0.05) is 29.8 Å². The van der Waals surface area contributed by atoms with Gasteiger partial charge in [0.25, 0.3) is 0 Å². The quantitative estimate of drug-likeness (QED) is 0.670. The van der Waals surface area contributed by atoms with Crippen LogP contribution in [-0.4, -0.2) is 19.1 Å². The molecular weight excluding hydrogens is 280 g/mol. The van der Waals surface area contributed by atoms with Gasteiger partial charge in [-0.25, -0.2) is 4.98 Å². The van der Waals surface area contributed by atoms with Crippen LogP contribution in [0.3, 0.4) is 0 Å². The van der Waals surface area contributed by atoms with Crippen molar-refractivity contribution >= 4 is 28.7 Å². The van der Waals surface area contributed by atoms with Crippen LogP contribution in [0.2, 0.25) is 0 Å². The Bertz CT molecular complexity index is 859. The average Bonchev–Trinajstić information content (AvgIpc) is 2.54. The first kappa shape index (κ1) is 15.3. The van der Waals surface area contributed by atoms with Crippen LogP contribution in [0.5, 0.6) is 0 Å². The van der Waals surface area contributed by atoms with E-state index in [0.717, 1.165) is 11.2 Å². The van der Waals surface area contributed by atoms with Gasteiger partial charge in [0.1, 0.15) is 0 Å². The van der Waals surface area contributed by atoms with Gasteiger partial charge in [-0.3, -0.25) is 0 Å². The summed E-state index contributed by atoms with van der Waals surface area (Å²) in [4.78, 5) is 6.84. The van der Waals surface area contributed by atoms with Gasteiger partial charge in [0.2, 0.25) is 0 Å². The first-order chi connectivity index (χ1) is 11.0. The molecule has 0 saturated heterocycles. The van der Waals surface area contributed by atoms with Crippen molar-refractivity contribution in [2.75, 3.05) is 19.0 Å². The zero-order valence-corrected chi connectivity index (χ0v) is 14.2. The van der Waals surface area contributed by atoms with E-state index in [2.05, 4.69) is 79.4 Å². The molecule has 0 aliphatic rings. The molecular formula is C21H22N2. The van der Waals surface area contributed by atoms with Crippen LogP contribution in [0.4, 0.5) is 5.69 Å². The predicted molar refractivity (Wildman–Crippen MR) is 101 cm³/mol. The lowest BCUT2D eigenvalue weighted by Gasteiger charge is -2.11. The van der Waals surface area contributed by atoms with Gasteiger partial charge in [-0.15, -0.1) is 0 Å². The Kier molecular flexibility index (Phi) is 4.16. The van der Waals surface area contributed by atoms with Gasteiger partial charge < -0.3 is 4.90 Å². The largest absolute Gasteiger partial charge is 0.378 e. The molecule has 2 aromatic carbocycles. The molecule has 1 aromatic heterocycles. The molecule has 0 aliphatic carbocycles. The summed E-state index contributed by atoms with van der Waals surface area (Å²) >= 11 is 0. The Labute approximate surface area is 138 Å². The Morgan fingerprint density at radius 1 is 0.870 bits per heavy atom. The second kappa shape index (κ2) is 6.25. The Morgan fingerprint density at radius 2 is 1.61 bits per heavy atom. The highest BCUT2D eigenvalue weighted by Crippen LogP contribution is 2.20. The number of aryl methyl sites for hydroxylation is 2. The highest BCUT2D eigenvalue weighted by molar-refractivity contribution is 5.84. The molecule has 0 saturated carbocycles. The second-order valence-corrected chi connectivity index (χ2v) is 6.20. The predicted octanol–water partition coefficient (Wildman–Crippen LogP) is 5.09. The van der Waals surface area contributed by atoms with E-state index in [4.69, 9.17) is 4.98 Å². The van der Waals surface area contributed by atoms with Crippen LogP contribution in [0.15, 0.2) is 48.5 Å². The third-order valence-electron chi connectivity index (χ3n) is 4.05. The summed E-state index contributed by atoms with van der Waals surface area (Å²) in [5.74, 6) is 0. The molecule has 3 aromatic rings. The molecule has 0 aliphatic heterocycles. The molecule has 116 valence electrons. The van der Waals surface area contributed by atoms with Crippen molar-refractivity contribution < 1.29 is 0 Å². The third-order valence-corrected chi connectivity index (χ3v) is 4.05. The van der Waals surface area contributed by atoms with Crippen LogP contribution in [0, 0.1) is 13.8 Å². The van der Waals surface area contributed by atoms with E-state index in [0.29, 0.717) is 0 Å². The first-order valence-electron chi connectivity index (χ1n) is 7.86. The molecule has 0 fully saturated rings. The van der Waals surface area contributed by atoms with Crippen LogP contribution >= 0.6 is 0 Å². The van der Waals surface area contributed by atoms with Crippen molar-refractivity contribution in [1.82, 2.24) is 4.98 Å². The lowest BCUT2D eigenvalue weighted by atomic mass is 10.1. The molecule has 23 heavy (non-hydrogen) atoms. The molecule has 0 bridgehead atoms. The average molecular weight is 302 g/mol. The van der Waals surface area contributed by atoms with Gasteiger partial charge in [-0.05, 0) is 61.4 Å². The number of pyridine rings is 1. The van der Waals surface area contributed by atoms with Gasteiger partial charge in [0.15, 0.2) is 0 Å². The van der Waals surface area contributed by atoms with E-state index >= 15 is 0 Å². The molecule has 0 atom stereocenters. The summed E-state index contributed by atoms with van der Waals surface area (Å²) < 4.78 is 0. The first-order valence-corrected chi connectivity index (χ1v) is 7.86. The fraction of sp³-hybridized carbons (Fsp3) is 0.190. The summed E-state index contributed by atoms with van der Waals surface area (Å²) in [6, 6.07) is 17.1. The van der Waals surface area contributed by atoms with Crippen molar-refractivity contribution in [3.8, 4) is 0 Å². The summed E-state index contributed by atoms with van der Waals surface area (Å²) in [6.45, 7) is 4.26. The number of rotatable bonds is 3. The molecule has 3 rings (SSSR count). The number of anilines is 1. The minimum absolute atomic E-state index is 0.996. The lowest BCUT2D eigenvalue weighted by molar-refractivity contribution is 1.13. The van der Waals surface area contributed by atoms with E-state index in [1.165, 1.54) is 27.8 Å². The maximum Gasteiger partial charge on any atom is 0.0712 e. The van der Waals surface area contributed by atoms with Gasteiger partial charge in [0, 0.05) is 25.2 Å². The highest BCUT2D eigenvalue weighted by Gasteiger charge is 2.01. The fourth-order valence-corrected chi connectivity index (χ4v) is 2.68. The number of fused-ring (bicyclic) bond motifs is 1. The second-order valence-electron chi connectivity index (χ2n) is 6.20. The Hall–Kier alpha value is -2.61. The highest BCUT2D eigenvalue weighted by atomic mass is 15.1. The van der Waals surface area contributed by atoms with E-state index < -0.39 is 0 Å². The SMILES string of the molecule is Cc1ccc2nc(/C=C/c3ccc(N(C)C)cc3)cc(C)c2c1. The van der Waals surface area contributed by atoms with Crippen LogP contribution in [0.25, 0.3) is 23.1 Å². The topological polar surface area (TPSA) is 16.1 Å². The molecule has 0 N–H and O–H groups in total. The fourth-order valence-electron chi connectivity index (χ4n) is 2.68. The maximum atomic E-state index is 4.74. The smallest absolute Gasteiger partial charge is 0.0712 e. The zero-order chi connectivity index (χ0) is 16.4. The molecule has 0 amide bonds. The summed E-state index contributed by atoms with van der Waals surface area (Å²) in [5.41, 5.74) is 6.97. The molecule has 0 radical (unpaired) electrons. The van der Waals surface area contributed by atoms with Crippen LogP contribution in [-0.2, 0) is 0 Å². The van der Waals surface area contributed by atoms with E-state index in [9.17, 15) is 0 Å². The molecule has 2 heteroatoms. The number of hydrogen-bond donors (Lipinski definition) is 0. The van der Waals surface area contributed by atoms with Crippen molar-refractivity contribution in [2.24, 2.45) is 0 Å². The van der Waals surface area contributed by atoms with Gasteiger partial charge in [-0.2, -0.15) is 0 Å². The monoisotopic (exact) mass is 302 g/mol. The van der Waals surface area contributed by atoms with Gasteiger partial charge >= 0.3 is 0 Å². The summed E-state index contributed by atoms with van der Waals surface area (Å²) in [6.07, 6.45) is 4.19. The van der Waals surface area contributed by atoms with Crippen LogP contribution < -0.4 is 4.90 Å². The molecule has 2 nitrogen and oxygen atoms in total. The van der Waals surface area contributed by atoms with Crippen molar-refractivity contribution in [2.45, 2.75) is 13.8 Å². The normalized spacial score (nSPS) is 11.3. The molecule has 0 spiro atoms. The number of nitrogens with zero attached hydrogens (tertiary/aromatic N) is 2. The number of benzene rings is 2. The summed E-state index contributed by atoms with van der Waals surface area (Å²) in [5, 5.41) is 1.23. The number of aromatic nitrogens is 1. The van der Waals surface area contributed by atoms with Crippen molar-refractivity contribution in [1.29, 1.82) is 0 Å². The minimum atomic E-state index is 0.996. The zero-order valence-electron chi connectivity index (χ0n) is 14.2.